The molecule has 0 saturated carbocycles. The monoisotopic (exact) mass is 437 g/mol. The summed E-state index contributed by atoms with van der Waals surface area (Å²) in [5.41, 5.74) is 0.133. The van der Waals surface area contributed by atoms with Crippen molar-refractivity contribution in [2.24, 2.45) is 0 Å². The molecule has 2 aromatic rings. The second-order valence-corrected chi connectivity index (χ2v) is 8.63. The zero-order chi connectivity index (χ0) is 21.7. The van der Waals surface area contributed by atoms with Crippen LogP contribution in [0.4, 0.5) is 10.1 Å². The standard InChI is InChI=1S/C19H20FN3O6S/c20-15-5-3-14(4-6-15)12-21-19(24)13-29-18-8-7-16(11-17(18)23(25)26)30(27,28)22-9-1-2-10-22/h3-8,11H,1-2,9-10,12-13H2,(H,21,24). The summed E-state index contributed by atoms with van der Waals surface area (Å²) in [7, 11) is -3.82. The molecule has 11 heteroatoms. The number of hydrogen-bond donors (Lipinski definition) is 1. The number of hydrogen-bond acceptors (Lipinski definition) is 6. The fourth-order valence-corrected chi connectivity index (χ4v) is 4.53. The van der Waals surface area contributed by atoms with Gasteiger partial charge in [0.05, 0.1) is 9.82 Å². The molecule has 0 atom stereocenters. The highest BCUT2D eigenvalue weighted by molar-refractivity contribution is 7.89. The average Bonchev–Trinajstić information content (AvgIpc) is 3.27. The lowest BCUT2D eigenvalue weighted by atomic mass is 10.2. The maximum absolute atomic E-state index is 12.9. The van der Waals surface area contributed by atoms with E-state index in [1.165, 1.54) is 40.7 Å². The van der Waals surface area contributed by atoms with Crippen LogP contribution in [-0.2, 0) is 21.4 Å². The maximum atomic E-state index is 12.9. The topological polar surface area (TPSA) is 119 Å². The molecule has 1 saturated heterocycles. The average molecular weight is 437 g/mol. The molecule has 1 heterocycles. The minimum Gasteiger partial charge on any atom is -0.477 e. The molecule has 0 spiro atoms. The van der Waals surface area contributed by atoms with Crippen LogP contribution in [0.25, 0.3) is 0 Å². The Labute approximate surface area is 172 Å². The van der Waals surface area contributed by atoms with Crippen LogP contribution in [0.3, 0.4) is 0 Å². The number of carbonyl (C=O) groups is 1. The lowest BCUT2D eigenvalue weighted by molar-refractivity contribution is -0.386. The van der Waals surface area contributed by atoms with Crippen molar-refractivity contribution >= 4 is 21.6 Å². The van der Waals surface area contributed by atoms with Gasteiger partial charge < -0.3 is 10.1 Å². The second kappa shape index (κ2) is 9.18. The fourth-order valence-electron chi connectivity index (χ4n) is 3.00. The number of sulfonamides is 1. The van der Waals surface area contributed by atoms with Crippen molar-refractivity contribution in [2.75, 3.05) is 19.7 Å². The van der Waals surface area contributed by atoms with E-state index >= 15 is 0 Å². The van der Waals surface area contributed by atoms with Gasteiger partial charge >= 0.3 is 5.69 Å². The number of nitro groups is 1. The van der Waals surface area contributed by atoms with Crippen LogP contribution in [0.2, 0.25) is 0 Å². The highest BCUT2D eigenvalue weighted by Crippen LogP contribution is 2.31. The molecule has 1 aliphatic rings. The van der Waals surface area contributed by atoms with Gasteiger partial charge in [0, 0.05) is 25.7 Å². The molecule has 9 nitrogen and oxygen atoms in total. The van der Waals surface area contributed by atoms with Gasteiger partial charge in [0.25, 0.3) is 5.91 Å². The third kappa shape index (κ3) is 5.10. The Bertz CT molecular complexity index is 1040. The highest BCUT2D eigenvalue weighted by Gasteiger charge is 2.30. The summed E-state index contributed by atoms with van der Waals surface area (Å²) in [5.74, 6) is -1.14. The van der Waals surface area contributed by atoms with Crippen LogP contribution in [0.5, 0.6) is 5.75 Å². The van der Waals surface area contributed by atoms with Crippen LogP contribution in [-0.4, -0.2) is 43.2 Å². The van der Waals surface area contributed by atoms with E-state index < -0.39 is 39.0 Å². The van der Waals surface area contributed by atoms with Gasteiger partial charge in [-0.25, -0.2) is 12.8 Å². The molecule has 3 rings (SSSR count). The van der Waals surface area contributed by atoms with Crippen molar-refractivity contribution in [2.45, 2.75) is 24.3 Å². The number of ether oxygens (including phenoxy) is 1. The number of nitrogens with zero attached hydrogens (tertiary/aromatic N) is 2. The lowest BCUT2D eigenvalue weighted by Crippen LogP contribution is -2.29. The van der Waals surface area contributed by atoms with Crippen molar-refractivity contribution in [1.82, 2.24) is 9.62 Å². The molecule has 2 aromatic carbocycles. The third-order valence-corrected chi connectivity index (χ3v) is 6.49. The van der Waals surface area contributed by atoms with Gasteiger partial charge in [-0.3, -0.25) is 14.9 Å². The van der Waals surface area contributed by atoms with Crippen LogP contribution >= 0.6 is 0 Å². The molecule has 0 aromatic heterocycles. The van der Waals surface area contributed by atoms with Gasteiger partial charge in [0.1, 0.15) is 5.82 Å². The van der Waals surface area contributed by atoms with Gasteiger partial charge in [-0.15, -0.1) is 0 Å². The normalized spacial score (nSPS) is 14.4. The van der Waals surface area contributed by atoms with E-state index in [9.17, 15) is 27.7 Å². The summed E-state index contributed by atoms with van der Waals surface area (Å²) < 4.78 is 44.6. The maximum Gasteiger partial charge on any atom is 0.312 e. The van der Waals surface area contributed by atoms with Crippen LogP contribution in [0.1, 0.15) is 18.4 Å². The van der Waals surface area contributed by atoms with E-state index in [0.717, 1.165) is 18.9 Å². The minimum absolute atomic E-state index is 0.136. The molecule has 160 valence electrons. The molecule has 0 radical (unpaired) electrons. The minimum atomic E-state index is -3.82. The molecule has 0 unspecified atom stereocenters. The Morgan fingerprint density at radius 2 is 1.83 bits per heavy atom. The Balaban J connectivity index is 1.65. The van der Waals surface area contributed by atoms with Crippen molar-refractivity contribution in [3.05, 3.63) is 64.0 Å². The number of rotatable bonds is 8. The highest BCUT2D eigenvalue weighted by atomic mass is 32.2. The van der Waals surface area contributed by atoms with E-state index in [4.69, 9.17) is 4.74 Å². The Kier molecular flexibility index (Phi) is 6.63. The van der Waals surface area contributed by atoms with Gasteiger partial charge in [0.15, 0.2) is 12.4 Å². The van der Waals surface area contributed by atoms with Gasteiger partial charge in [-0.1, -0.05) is 12.1 Å². The Morgan fingerprint density at radius 1 is 1.17 bits per heavy atom. The van der Waals surface area contributed by atoms with Crippen molar-refractivity contribution in [1.29, 1.82) is 0 Å². The summed E-state index contributed by atoms with van der Waals surface area (Å²) in [6, 6.07) is 8.90. The number of nitrogens with one attached hydrogen (secondary N) is 1. The number of halogens is 1. The SMILES string of the molecule is O=C(COc1ccc(S(=O)(=O)N2CCCC2)cc1[N+](=O)[O-])NCc1ccc(F)cc1. The molecule has 0 aliphatic carbocycles. The first kappa shape index (κ1) is 21.7. The van der Waals surface area contributed by atoms with Crippen molar-refractivity contribution in [3.63, 3.8) is 0 Å². The van der Waals surface area contributed by atoms with E-state index in [2.05, 4.69) is 5.32 Å². The molecule has 0 bridgehead atoms. The zero-order valence-corrected chi connectivity index (χ0v) is 16.7. The summed E-state index contributed by atoms with van der Waals surface area (Å²) in [4.78, 5) is 22.4. The predicted molar refractivity (Wildman–Crippen MR) is 105 cm³/mol. The molecule has 1 N–H and O–H groups in total. The molecule has 1 aliphatic heterocycles. The van der Waals surface area contributed by atoms with E-state index in [1.807, 2.05) is 0 Å². The van der Waals surface area contributed by atoms with E-state index in [0.29, 0.717) is 18.7 Å². The first-order chi connectivity index (χ1) is 14.3. The van der Waals surface area contributed by atoms with Crippen LogP contribution < -0.4 is 10.1 Å². The first-order valence-corrected chi connectivity index (χ1v) is 10.6. The van der Waals surface area contributed by atoms with E-state index in [1.54, 1.807) is 0 Å². The molecular weight excluding hydrogens is 417 g/mol. The molecule has 30 heavy (non-hydrogen) atoms. The summed E-state index contributed by atoms with van der Waals surface area (Å²) in [6.07, 6.45) is 1.49. The summed E-state index contributed by atoms with van der Waals surface area (Å²) >= 11 is 0. The van der Waals surface area contributed by atoms with Gasteiger partial charge in [0.2, 0.25) is 10.0 Å². The summed E-state index contributed by atoms with van der Waals surface area (Å²) in [6.45, 7) is 0.392. The summed E-state index contributed by atoms with van der Waals surface area (Å²) in [5, 5.41) is 13.9. The number of nitro benzene ring substituents is 1. The van der Waals surface area contributed by atoms with Crippen LogP contribution in [0.15, 0.2) is 47.4 Å². The quantitative estimate of drug-likeness (QED) is 0.500. The first-order valence-electron chi connectivity index (χ1n) is 9.20. The number of amides is 1. The van der Waals surface area contributed by atoms with E-state index in [-0.39, 0.29) is 17.2 Å². The van der Waals surface area contributed by atoms with Crippen molar-refractivity contribution < 1.29 is 27.3 Å². The molecule has 1 amide bonds. The number of carbonyl (C=O) groups excluding carboxylic acids is 1. The van der Waals surface area contributed by atoms with Gasteiger partial charge in [-0.2, -0.15) is 4.31 Å². The third-order valence-electron chi connectivity index (χ3n) is 4.59. The largest absolute Gasteiger partial charge is 0.477 e. The smallest absolute Gasteiger partial charge is 0.312 e. The second-order valence-electron chi connectivity index (χ2n) is 6.69. The lowest BCUT2D eigenvalue weighted by Gasteiger charge is -2.16. The van der Waals surface area contributed by atoms with Gasteiger partial charge in [-0.05, 0) is 42.7 Å². The molecule has 1 fully saturated rings. The zero-order valence-electron chi connectivity index (χ0n) is 15.9. The molecular formula is C19H20FN3O6S. The van der Waals surface area contributed by atoms with Crippen LogP contribution in [0, 0.1) is 15.9 Å². The predicted octanol–water partition coefficient (Wildman–Crippen LogP) is 2.21. The number of benzene rings is 2. The Morgan fingerprint density at radius 3 is 2.47 bits per heavy atom. The van der Waals surface area contributed by atoms with Crippen molar-refractivity contribution in [3.8, 4) is 5.75 Å². The fraction of sp³-hybridized carbons (Fsp3) is 0.316. The Hall–Kier alpha value is -3.05.